The highest BCUT2D eigenvalue weighted by atomic mass is 16.5. The zero-order valence-electron chi connectivity index (χ0n) is 27.5. The Bertz CT molecular complexity index is 1490. The summed E-state index contributed by atoms with van der Waals surface area (Å²) in [7, 11) is 0. The first-order valence-electron chi connectivity index (χ1n) is 16.4. The van der Waals surface area contributed by atoms with Gasteiger partial charge in [-0.1, -0.05) is 6.07 Å². The number of aromatic nitrogens is 3. The molecule has 0 radical (unpaired) electrons. The van der Waals surface area contributed by atoms with Gasteiger partial charge in [0.25, 0.3) is 0 Å². The third kappa shape index (κ3) is 8.03. The van der Waals surface area contributed by atoms with Gasteiger partial charge >= 0.3 is 0 Å². The van der Waals surface area contributed by atoms with Crippen LogP contribution in [0.3, 0.4) is 0 Å². The van der Waals surface area contributed by atoms with E-state index in [2.05, 4.69) is 57.9 Å². The number of carbonyl (C=O) groups is 1. The van der Waals surface area contributed by atoms with E-state index in [1.807, 2.05) is 13.0 Å². The van der Waals surface area contributed by atoms with Gasteiger partial charge in [-0.05, 0) is 63.8 Å². The highest BCUT2D eigenvalue weighted by molar-refractivity contribution is 5.95. The van der Waals surface area contributed by atoms with Gasteiger partial charge in [-0.3, -0.25) is 14.6 Å². The zero-order chi connectivity index (χ0) is 32.3. The number of ether oxygens (including phenoxy) is 2. The first-order chi connectivity index (χ1) is 22.1. The lowest BCUT2D eigenvalue weighted by Gasteiger charge is -2.42. The summed E-state index contributed by atoms with van der Waals surface area (Å²) in [5, 5.41) is 14.3. The van der Waals surface area contributed by atoms with Gasteiger partial charge < -0.3 is 29.2 Å². The maximum atomic E-state index is 13.4. The molecular weight excluding hydrogens is 586 g/mol. The molecule has 2 saturated heterocycles. The topological polar surface area (TPSA) is 129 Å². The number of anilines is 2. The van der Waals surface area contributed by atoms with Crippen LogP contribution < -0.4 is 15.0 Å². The molecular formula is C34H47N7O5. The molecule has 2 fully saturated rings. The lowest BCUT2D eigenvalue weighted by molar-refractivity contribution is 0.0209. The Balaban J connectivity index is 1.02. The number of Topliss-reactive ketones (excluding diaryl/α,β-unsaturated/α-hetero) is 1. The van der Waals surface area contributed by atoms with Gasteiger partial charge in [0, 0.05) is 63.8 Å². The minimum absolute atomic E-state index is 0.0824. The average Bonchev–Trinajstić information content (AvgIpc) is 3.44. The standard InChI is InChI=1S/C34H47N7O5/c1-23-31(46-22-35-23)21-45-28-7-5-25-17-39(10-9-24(25)15-28)18-27(42)6-8-30(43)29-16-32(36-26-19-44-20-26)38-33(37-29)40-11-13-41(14-12-40)34(2,3)4/h5,7,15-16,22,26-27,42H,6,8-14,17-21H2,1-4H3,(H,36,37,38)/t27-/m0/s1. The Morgan fingerprint density at radius 1 is 1.11 bits per heavy atom. The number of rotatable bonds is 12. The molecule has 46 heavy (non-hydrogen) atoms. The molecule has 0 saturated carbocycles. The van der Waals surface area contributed by atoms with E-state index in [0.717, 1.165) is 62.9 Å². The molecule has 3 aliphatic heterocycles. The zero-order valence-corrected chi connectivity index (χ0v) is 27.5. The summed E-state index contributed by atoms with van der Waals surface area (Å²) in [4.78, 5) is 33.9. The van der Waals surface area contributed by atoms with Crippen LogP contribution in [-0.4, -0.2) is 106 Å². The first-order valence-corrected chi connectivity index (χ1v) is 16.4. The van der Waals surface area contributed by atoms with Crippen molar-refractivity contribution in [3.63, 3.8) is 0 Å². The minimum atomic E-state index is -0.616. The molecule has 0 amide bonds. The number of β-amino-alcohol motifs (C(OH)–C–C–N with tert-alkyl or cyclic N) is 1. The number of benzene rings is 1. The lowest BCUT2D eigenvalue weighted by atomic mass is 9.98. The minimum Gasteiger partial charge on any atom is -0.486 e. The van der Waals surface area contributed by atoms with Crippen LogP contribution in [0, 0.1) is 6.92 Å². The smallest absolute Gasteiger partial charge is 0.228 e. The number of aliphatic hydroxyl groups is 1. The number of aliphatic hydroxyl groups excluding tert-OH is 1. The maximum Gasteiger partial charge on any atom is 0.228 e. The van der Waals surface area contributed by atoms with E-state index in [9.17, 15) is 9.90 Å². The Labute approximate surface area is 271 Å². The van der Waals surface area contributed by atoms with Crippen LogP contribution in [0.4, 0.5) is 11.8 Å². The van der Waals surface area contributed by atoms with E-state index < -0.39 is 6.10 Å². The van der Waals surface area contributed by atoms with Crippen LogP contribution in [0.5, 0.6) is 5.75 Å². The molecule has 2 N–H and O–H groups in total. The predicted molar refractivity (Wildman–Crippen MR) is 174 cm³/mol. The van der Waals surface area contributed by atoms with Crippen molar-refractivity contribution < 1.29 is 23.8 Å². The van der Waals surface area contributed by atoms with Crippen molar-refractivity contribution in [2.24, 2.45) is 0 Å². The number of hydrogen-bond acceptors (Lipinski definition) is 12. The van der Waals surface area contributed by atoms with Crippen LogP contribution in [0.15, 0.2) is 35.1 Å². The molecule has 3 aliphatic rings. The molecule has 0 bridgehead atoms. The molecule has 12 nitrogen and oxygen atoms in total. The monoisotopic (exact) mass is 633 g/mol. The highest BCUT2D eigenvalue weighted by Gasteiger charge is 2.28. The second kappa shape index (κ2) is 14.0. The third-order valence-corrected chi connectivity index (χ3v) is 9.16. The SMILES string of the molecule is Cc1ncoc1COc1ccc2c(c1)CCN(C[C@@H](O)CCC(=O)c1cc(NC3COC3)nc(N3CCN(C(C)(C)C)CC3)n1)C2. The van der Waals surface area contributed by atoms with Crippen molar-refractivity contribution in [1.29, 1.82) is 0 Å². The van der Waals surface area contributed by atoms with Gasteiger partial charge in [-0.15, -0.1) is 0 Å². The van der Waals surface area contributed by atoms with E-state index in [1.165, 1.54) is 17.5 Å². The number of oxazole rings is 1. The predicted octanol–water partition coefficient (Wildman–Crippen LogP) is 3.47. The van der Waals surface area contributed by atoms with E-state index in [4.69, 9.17) is 23.9 Å². The molecule has 12 heteroatoms. The number of hydrogen-bond donors (Lipinski definition) is 2. The molecule has 5 heterocycles. The fourth-order valence-electron chi connectivity index (χ4n) is 6.16. The Kier molecular flexibility index (Phi) is 9.88. The maximum absolute atomic E-state index is 13.4. The fourth-order valence-corrected chi connectivity index (χ4v) is 6.16. The van der Waals surface area contributed by atoms with Crippen LogP contribution in [0.25, 0.3) is 0 Å². The molecule has 1 aromatic carbocycles. The van der Waals surface area contributed by atoms with Gasteiger partial charge in [-0.2, -0.15) is 4.98 Å². The van der Waals surface area contributed by atoms with Crippen molar-refractivity contribution in [3.8, 4) is 5.75 Å². The normalized spacial score (nSPS) is 18.6. The molecule has 0 aliphatic carbocycles. The second-order valence-electron chi connectivity index (χ2n) is 13.6. The van der Waals surface area contributed by atoms with E-state index in [-0.39, 0.29) is 23.8 Å². The van der Waals surface area contributed by atoms with Crippen molar-refractivity contribution in [3.05, 3.63) is 58.9 Å². The molecule has 6 rings (SSSR count). The summed E-state index contributed by atoms with van der Waals surface area (Å²) >= 11 is 0. The van der Waals surface area contributed by atoms with Crippen LogP contribution in [0.2, 0.25) is 0 Å². The van der Waals surface area contributed by atoms with Gasteiger partial charge in [0.05, 0.1) is 31.1 Å². The molecule has 0 spiro atoms. The number of aryl methyl sites for hydroxylation is 1. The van der Waals surface area contributed by atoms with E-state index in [0.29, 0.717) is 50.2 Å². The summed E-state index contributed by atoms with van der Waals surface area (Å²) in [6, 6.07) is 8.09. The molecule has 3 aromatic rings. The van der Waals surface area contributed by atoms with Crippen LogP contribution >= 0.6 is 0 Å². The fraction of sp³-hybridized carbons (Fsp3) is 0.588. The summed E-state index contributed by atoms with van der Waals surface area (Å²) in [6.07, 6.45) is 2.28. The summed E-state index contributed by atoms with van der Waals surface area (Å²) in [5.41, 5.74) is 3.82. The van der Waals surface area contributed by atoms with Gasteiger partial charge in [0.1, 0.15) is 23.9 Å². The number of fused-ring (bicyclic) bond motifs is 1. The quantitative estimate of drug-likeness (QED) is 0.284. The van der Waals surface area contributed by atoms with E-state index in [1.54, 1.807) is 6.07 Å². The molecule has 248 valence electrons. The van der Waals surface area contributed by atoms with E-state index >= 15 is 0 Å². The summed E-state index contributed by atoms with van der Waals surface area (Å²) in [6.45, 7) is 15.7. The van der Waals surface area contributed by atoms with Crippen molar-refractivity contribution >= 4 is 17.5 Å². The Hall–Kier alpha value is -3.58. The Morgan fingerprint density at radius 3 is 2.61 bits per heavy atom. The number of carbonyl (C=O) groups excluding carboxylic acids is 1. The van der Waals surface area contributed by atoms with Gasteiger partial charge in [0.2, 0.25) is 5.95 Å². The molecule has 1 atom stereocenters. The Morgan fingerprint density at radius 2 is 1.91 bits per heavy atom. The number of nitrogens with zero attached hydrogens (tertiary/aromatic N) is 6. The van der Waals surface area contributed by atoms with Crippen LogP contribution in [0.1, 0.15) is 66.7 Å². The van der Waals surface area contributed by atoms with Crippen molar-refractivity contribution in [2.75, 3.05) is 62.7 Å². The first kappa shape index (κ1) is 32.4. The second-order valence-corrected chi connectivity index (χ2v) is 13.6. The van der Waals surface area contributed by atoms with Crippen LogP contribution in [-0.2, 0) is 24.3 Å². The largest absolute Gasteiger partial charge is 0.486 e. The molecule has 0 unspecified atom stereocenters. The number of nitrogens with one attached hydrogen (secondary N) is 1. The third-order valence-electron chi connectivity index (χ3n) is 9.16. The summed E-state index contributed by atoms with van der Waals surface area (Å²) < 4.78 is 16.6. The average molecular weight is 634 g/mol. The summed E-state index contributed by atoms with van der Waals surface area (Å²) in [5.74, 6) is 2.68. The van der Waals surface area contributed by atoms with Gasteiger partial charge in [-0.25, -0.2) is 9.97 Å². The highest BCUT2D eigenvalue weighted by Crippen LogP contribution is 2.26. The van der Waals surface area contributed by atoms with Crippen molar-refractivity contribution in [2.45, 2.75) is 77.8 Å². The molecule has 2 aromatic heterocycles. The number of piperazine rings is 1. The lowest BCUT2D eigenvalue weighted by Crippen LogP contribution is -2.53. The van der Waals surface area contributed by atoms with Gasteiger partial charge in [0.15, 0.2) is 17.9 Å². The van der Waals surface area contributed by atoms with Crippen molar-refractivity contribution in [1.82, 2.24) is 24.8 Å². The number of ketones is 1.